The summed E-state index contributed by atoms with van der Waals surface area (Å²) in [5.41, 5.74) is 0.0665. The van der Waals surface area contributed by atoms with Crippen LogP contribution in [0.2, 0.25) is 0 Å². The van der Waals surface area contributed by atoms with Crippen LogP contribution in [0.5, 0.6) is 0 Å². The minimum absolute atomic E-state index is 0.0665. The van der Waals surface area contributed by atoms with Crippen molar-refractivity contribution in [2.24, 2.45) is 4.99 Å². The molecular weight excluding hydrogens is 262 g/mol. The fraction of sp³-hybridized carbons (Fsp3) is 0.273. The number of hydrogen-bond donors (Lipinski definition) is 0. The Bertz CT molecular complexity index is 508. The van der Waals surface area contributed by atoms with E-state index in [9.17, 15) is 13.6 Å². The first-order valence-corrected chi connectivity index (χ1v) is 6.21. The van der Waals surface area contributed by atoms with Crippen molar-refractivity contribution in [2.75, 3.05) is 17.4 Å². The van der Waals surface area contributed by atoms with E-state index in [1.165, 1.54) is 16.7 Å². The highest BCUT2D eigenvalue weighted by molar-refractivity contribution is 8.16. The Hall–Kier alpha value is -1.63. The highest BCUT2D eigenvalue weighted by Gasteiger charge is 2.28. The monoisotopic (exact) mass is 272 g/mol. The van der Waals surface area contributed by atoms with Crippen molar-refractivity contribution in [1.29, 1.82) is 0 Å². The second kappa shape index (κ2) is 5.34. The lowest BCUT2D eigenvalue weighted by Crippen LogP contribution is -2.39. The van der Waals surface area contributed by atoms with Crippen LogP contribution in [-0.4, -0.2) is 23.7 Å². The number of amides is 1. The normalized spacial score (nSPS) is 16.6. The standard InChI is InChI=1S/C11H10F2N2O2S/c1-2-17-11(16)14-10-15(6-18-10)9-5-7(12)3-4-8(9)13/h3-5H,2,6H2,1H3/b14-10-. The van der Waals surface area contributed by atoms with Gasteiger partial charge in [-0.25, -0.2) is 13.6 Å². The molecule has 96 valence electrons. The number of benzene rings is 1. The van der Waals surface area contributed by atoms with Gasteiger partial charge in [0.05, 0.1) is 18.2 Å². The average Bonchev–Trinajstić information content (AvgIpc) is 2.30. The van der Waals surface area contributed by atoms with Crippen LogP contribution < -0.4 is 4.90 Å². The van der Waals surface area contributed by atoms with E-state index in [0.29, 0.717) is 11.0 Å². The Morgan fingerprint density at radius 2 is 2.33 bits per heavy atom. The molecule has 1 saturated heterocycles. The molecule has 18 heavy (non-hydrogen) atoms. The molecule has 0 N–H and O–H groups in total. The van der Waals surface area contributed by atoms with Crippen molar-refractivity contribution in [2.45, 2.75) is 6.92 Å². The number of rotatable bonds is 2. The molecular formula is C11H10F2N2O2S. The molecule has 1 aliphatic rings. The van der Waals surface area contributed by atoms with Crippen molar-refractivity contribution < 1.29 is 18.3 Å². The minimum Gasteiger partial charge on any atom is -0.448 e. The molecule has 0 radical (unpaired) electrons. The predicted octanol–water partition coefficient (Wildman–Crippen LogP) is 2.99. The smallest absolute Gasteiger partial charge is 0.436 e. The number of ether oxygens (including phenoxy) is 1. The Balaban J connectivity index is 2.19. The molecule has 1 amide bonds. The Kier molecular flexibility index (Phi) is 3.81. The summed E-state index contributed by atoms with van der Waals surface area (Å²) in [5, 5.41) is 0.304. The summed E-state index contributed by atoms with van der Waals surface area (Å²) in [7, 11) is 0. The third-order valence-electron chi connectivity index (χ3n) is 2.21. The predicted molar refractivity (Wildman–Crippen MR) is 65.8 cm³/mol. The summed E-state index contributed by atoms with van der Waals surface area (Å²) in [6.07, 6.45) is -0.735. The fourth-order valence-electron chi connectivity index (χ4n) is 1.38. The van der Waals surface area contributed by atoms with Gasteiger partial charge in [0.1, 0.15) is 11.6 Å². The van der Waals surface area contributed by atoms with E-state index in [2.05, 4.69) is 9.73 Å². The van der Waals surface area contributed by atoms with E-state index in [1.54, 1.807) is 6.92 Å². The number of carbonyl (C=O) groups excluding carboxylic acids is 1. The number of hydrogen-bond acceptors (Lipinski definition) is 3. The van der Waals surface area contributed by atoms with Gasteiger partial charge in [0.15, 0.2) is 5.17 Å². The lowest BCUT2D eigenvalue weighted by molar-refractivity contribution is 0.163. The summed E-state index contributed by atoms with van der Waals surface area (Å²) < 4.78 is 31.2. The summed E-state index contributed by atoms with van der Waals surface area (Å²) >= 11 is 1.26. The second-order valence-electron chi connectivity index (χ2n) is 3.39. The molecule has 1 aromatic carbocycles. The maximum Gasteiger partial charge on any atom is 0.436 e. The molecule has 0 atom stereocenters. The SMILES string of the molecule is CCOC(=O)/N=C1\SCN1c1cc(F)ccc1F. The van der Waals surface area contributed by atoms with Gasteiger partial charge in [-0.2, -0.15) is 4.99 Å². The largest absolute Gasteiger partial charge is 0.448 e. The van der Waals surface area contributed by atoms with Gasteiger partial charge in [0.2, 0.25) is 0 Å². The molecule has 0 saturated carbocycles. The van der Waals surface area contributed by atoms with Crippen LogP contribution in [0.25, 0.3) is 0 Å². The molecule has 0 aliphatic carbocycles. The molecule has 0 aromatic heterocycles. The number of amidine groups is 1. The van der Waals surface area contributed by atoms with Crippen LogP contribution in [0, 0.1) is 11.6 Å². The van der Waals surface area contributed by atoms with Gasteiger partial charge in [-0.05, 0) is 19.1 Å². The van der Waals surface area contributed by atoms with Gasteiger partial charge >= 0.3 is 6.09 Å². The molecule has 2 rings (SSSR count). The van der Waals surface area contributed by atoms with Crippen LogP contribution in [0.4, 0.5) is 19.3 Å². The topological polar surface area (TPSA) is 41.9 Å². The first-order valence-electron chi connectivity index (χ1n) is 5.22. The number of thioether (sulfide) groups is 1. The molecule has 1 heterocycles. The van der Waals surface area contributed by atoms with Crippen molar-refractivity contribution >= 4 is 28.7 Å². The van der Waals surface area contributed by atoms with E-state index < -0.39 is 17.7 Å². The van der Waals surface area contributed by atoms with E-state index >= 15 is 0 Å². The van der Waals surface area contributed by atoms with Crippen molar-refractivity contribution in [3.8, 4) is 0 Å². The van der Waals surface area contributed by atoms with Gasteiger partial charge in [0.25, 0.3) is 0 Å². The number of nitrogens with zero attached hydrogens (tertiary/aromatic N) is 2. The molecule has 0 spiro atoms. The van der Waals surface area contributed by atoms with Crippen LogP contribution in [-0.2, 0) is 4.74 Å². The summed E-state index contributed by atoms with van der Waals surface area (Å²) in [6, 6.07) is 3.14. The number of halogens is 2. The number of carbonyl (C=O) groups is 1. The zero-order valence-electron chi connectivity index (χ0n) is 9.52. The third-order valence-corrected chi connectivity index (χ3v) is 3.16. The van der Waals surface area contributed by atoms with Crippen molar-refractivity contribution in [3.05, 3.63) is 29.8 Å². The maximum absolute atomic E-state index is 13.5. The minimum atomic E-state index is -0.735. The molecule has 7 heteroatoms. The Morgan fingerprint density at radius 1 is 1.56 bits per heavy atom. The highest BCUT2D eigenvalue weighted by atomic mass is 32.2. The maximum atomic E-state index is 13.5. The third kappa shape index (κ3) is 2.61. The van der Waals surface area contributed by atoms with Gasteiger partial charge in [-0.15, -0.1) is 0 Å². The zero-order chi connectivity index (χ0) is 13.1. The van der Waals surface area contributed by atoms with Crippen molar-refractivity contribution in [1.82, 2.24) is 0 Å². The fourth-order valence-corrected chi connectivity index (χ4v) is 2.13. The van der Waals surface area contributed by atoms with Crippen LogP contribution >= 0.6 is 11.8 Å². The molecule has 1 aliphatic heterocycles. The van der Waals surface area contributed by atoms with Gasteiger partial charge in [0, 0.05) is 6.07 Å². The van der Waals surface area contributed by atoms with Crippen LogP contribution in [0.3, 0.4) is 0 Å². The van der Waals surface area contributed by atoms with E-state index in [1.807, 2.05) is 0 Å². The molecule has 4 nitrogen and oxygen atoms in total. The van der Waals surface area contributed by atoms with E-state index in [-0.39, 0.29) is 12.3 Å². The van der Waals surface area contributed by atoms with Crippen molar-refractivity contribution in [3.63, 3.8) is 0 Å². The molecule has 1 aromatic rings. The van der Waals surface area contributed by atoms with E-state index in [4.69, 9.17) is 0 Å². The Labute approximate surface area is 107 Å². The Morgan fingerprint density at radius 3 is 2.94 bits per heavy atom. The molecule has 0 bridgehead atoms. The zero-order valence-corrected chi connectivity index (χ0v) is 10.3. The number of anilines is 1. The first-order chi connectivity index (χ1) is 8.61. The van der Waals surface area contributed by atoms with Gasteiger partial charge in [-0.1, -0.05) is 11.8 Å². The molecule has 1 fully saturated rings. The average molecular weight is 272 g/mol. The summed E-state index contributed by atoms with van der Waals surface area (Å²) in [6.45, 7) is 1.88. The van der Waals surface area contributed by atoms with E-state index in [0.717, 1.165) is 18.2 Å². The highest BCUT2D eigenvalue weighted by Crippen LogP contribution is 2.32. The van der Waals surface area contributed by atoms with Gasteiger partial charge in [-0.3, -0.25) is 0 Å². The lowest BCUT2D eigenvalue weighted by Gasteiger charge is -2.33. The van der Waals surface area contributed by atoms with Crippen LogP contribution in [0.15, 0.2) is 23.2 Å². The summed E-state index contributed by atoms with van der Waals surface area (Å²) in [4.78, 5) is 16.2. The quantitative estimate of drug-likeness (QED) is 0.830. The van der Waals surface area contributed by atoms with Crippen LogP contribution in [0.1, 0.15) is 6.92 Å². The van der Waals surface area contributed by atoms with Gasteiger partial charge < -0.3 is 9.64 Å². The first kappa shape index (κ1) is 12.8. The second-order valence-corrected chi connectivity index (χ2v) is 4.30. The molecule has 0 unspecified atom stereocenters. The lowest BCUT2D eigenvalue weighted by atomic mass is 10.3. The number of aliphatic imine (C=N–C) groups is 1. The summed E-state index contributed by atoms with van der Waals surface area (Å²) in [5.74, 6) is -0.689.